The largest absolute Gasteiger partial charge is 0.365 e. The highest BCUT2D eigenvalue weighted by atomic mass is 19.1. The number of hydrogen-bond acceptors (Lipinski definition) is 5. The third-order valence-corrected chi connectivity index (χ3v) is 6.18. The van der Waals surface area contributed by atoms with Crippen molar-refractivity contribution in [1.29, 1.82) is 0 Å². The molecule has 6 nitrogen and oxygen atoms in total. The van der Waals surface area contributed by atoms with Crippen LogP contribution in [0.5, 0.6) is 0 Å². The van der Waals surface area contributed by atoms with Crippen LogP contribution in [0.4, 0.5) is 10.2 Å². The number of aromatic amines is 1. The molecule has 0 radical (unpaired) electrons. The predicted molar refractivity (Wildman–Crippen MR) is 123 cm³/mol. The summed E-state index contributed by atoms with van der Waals surface area (Å²) in [5.41, 5.74) is 6.88. The van der Waals surface area contributed by atoms with Crippen molar-refractivity contribution in [2.45, 2.75) is 32.2 Å². The van der Waals surface area contributed by atoms with E-state index in [2.05, 4.69) is 49.5 Å². The molecule has 0 amide bonds. The van der Waals surface area contributed by atoms with E-state index in [1.54, 1.807) is 12.4 Å². The summed E-state index contributed by atoms with van der Waals surface area (Å²) in [6, 6.07) is 12.0. The van der Waals surface area contributed by atoms with E-state index < -0.39 is 5.82 Å². The molecule has 1 aliphatic carbocycles. The molecule has 7 heteroatoms. The topological polar surface area (TPSA) is 79.4 Å². The molecule has 2 N–H and O–H groups in total. The number of hydrogen-bond donors (Lipinski definition) is 2. The maximum Gasteiger partial charge on any atom is 0.163 e. The summed E-state index contributed by atoms with van der Waals surface area (Å²) in [4.78, 5) is 21.5. The van der Waals surface area contributed by atoms with Crippen LogP contribution in [0.3, 0.4) is 0 Å². The molecule has 0 spiro atoms. The lowest BCUT2D eigenvalue weighted by Crippen LogP contribution is -2.28. The summed E-state index contributed by atoms with van der Waals surface area (Å²) in [6.07, 6.45) is 7.38. The van der Waals surface area contributed by atoms with Gasteiger partial charge in [-0.2, -0.15) is 0 Å². The molecule has 5 aromatic rings. The molecular formula is C25H21FN6. The molecule has 1 atom stereocenters. The van der Waals surface area contributed by atoms with Crippen LogP contribution in [-0.4, -0.2) is 31.0 Å². The molecule has 1 unspecified atom stereocenters. The first-order valence-corrected chi connectivity index (χ1v) is 10.7. The summed E-state index contributed by atoms with van der Waals surface area (Å²) in [6.45, 7) is 1.99. The highest BCUT2D eigenvalue weighted by Crippen LogP contribution is 2.32. The van der Waals surface area contributed by atoms with Gasteiger partial charge in [0.25, 0.3) is 0 Å². The number of fused-ring (bicyclic) bond motifs is 4. The normalized spacial score (nSPS) is 15.8. The van der Waals surface area contributed by atoms with Crippen LogP contribution in [0.1, 0.15) is 23.2 Å². The van der Waals surface area contributed by atoms with E-state index >= 15 is 0 Å². The van der Waals surface area contributed by atoms with Gasteiger partial charge >= 0.3 is 0 Å². The van der Waals surface area contributed by atoms with E-state index in [9.17, 15) is 4.39 Å². The van der Waals surface area contributed by atoms with Gasteiger partial charge in [0.2, 0.25) is 0 Å². The molecule has 32 heavy (non-hydrogen) atoms. The number of pyridine rings is 2. The average Bonchev–Trinajstić information content (AvgIpc) is 3.18. The molecule has 1 aromatic carbocycles. The third-order valence-electron chi connectivity index (χ3n) is 6.18. The average molecular weight is 424 g/mol. The molecule has 1 aliphatic rings. The smallest absolute Gasteiger partial charge is 0.163 e. The fourth-order valence-electron chi connectivity index (χ4n) is 4.60. The highest BCUT2D eigenvalue weighted by Gasteiger charge is 2.24. The van der Waals surface area contributed by atoms with Crippen LogP contribution < -0.4 is 5.32 Å². The van der Waals surface area contributed by atoms with Gasteiger partial charge in [-0.05, 0) is 55.5 Å². The first-order valence-electron chi connectivity index (χ1n) is 10.7. The first-order chi connectivity index (χ1) is 15.7. The number of benzene rings is 1. The highest BCUT2D eigenvalue weighted by molar-refractivity contribution is 5.89. The van der Waals surface area contributed by atoms with Crippen molar-refractivity contribution >= 4 is 27.8 Å². The van der Waals surface area contributed by atoms with Gasteiger partial charge in [0.15, 0.2) is 11.6 Å². The Morgan fingerprint density at radius 1 is 1.09 bits per heavy atom. The van der Waals surface area contributed by atoms with Gasteiger partial charge in [0.1, 0.15) is 11.3 Å². The molecule has 0 fully saturated rings. The Morgan fingerprint density at radius 2 is 2.00 bits per heavy atom. The zero-order valence-corrected chi connectivity index (χ0v) is 17.6. The zero-order chi connectivity index (χ0) is 21.7. The minimum Gasteiger partial charge on any atom is -0.365 e. The van der Waals surface area contributed by atoms with Gasteiger partial charge in [0.05, 0.1) is 11.7 Å². The van der Waals surface area contributed by atoms with Crippen LogP contribution >= 0.6 is 0 Å². The summed E-state index contributed by atoms with van der Waals surface area (Å²) in [5, 5.41) is 4.91. The molecule has 4 aromatic heterocycles. The molecule has 0 bridgehead atoms. The van der Waals surface area contributed by atoms with Gasteiger partial charge < -0.3 is 10.3 Å². The lowest BCUT2D eigenvalue weighted by Gasteiger charge is -2.25. The Kier molecular flexibility index (Phi) is 4.35. The Hall–Kier alpha value is -3.87. The standard InChI is InChI=1S/C25H21FN6/c1-14-8-9-28-23-22(14)31-24(15-10-16(26)13-27-12-15)32-25(23)29-17-6-7-21-19(11-17)18-4-2-3-5-20(18)30-21/h2-5,8-10,12-13,17,30H,6-7,11H2,1H3,(H,29,31,32). The van der Waals surface area contributed by atoms with E-state index in [0.29, 0.717) is 17.2 Å². The van der Waals surface area contributed by atoms with Crippen molar-refractivity contribution in [3.8, 4) is 11.4 Å². The van der Waals surface area contributed by atoms with Crippen molar-refractivity contribution in [2.75, 3.05) is 5.32 Å². The molecule has 0 aliphatic heterocycles. The zero-order valence-electron chi connectivity index (χ0n) is 17.6. The van der Waals surface area contributed by atoms with E-state index in [1.165, 1.54) is 34.4 Å². The molecule has 0 saturated carbocycles. The van der Waals surface area contributed by atoms with Crippen molar-refractivity contribution in [2.24, 2.45) is 0 Å². The minimum atomic E-state index is -0.414. The number of rotatable bonds is 3. The SMILES string of the molecule is Cc1ccnc2c(NC3CCc4[nH]c5ccccc5c4C3)nc(-c3cncc(F)c3)nc12. The molecule has 0 saturated heterocycles. The van der Waals surface area contributed by atoms with Gasteiger partial charge in [-0.15, -0.1) is 0 Å². The summed E-state index contributed by atoms with van der Waals surface area (Å²) < 4.78 is 13.8. The fourth-order valence-corrected chi connectivity index (χ4v) is 4.60. The lowest BCUT2D eigenvalue weighted by atomic mass is 9.91. The Balaban J connectivity index is 1.41. The number of para-hydroxylation sites is 1. The van der Waals surface area contributed by atoms with Crippen molar-refractivity contribution in [1.82, 2.24) is 24.9 Å². The molecule has 6 rings (SSSR count). The number of nitrogens with zero attached hydrogens (tertiary/aromatic N) is 4. The van der Waals surface area contributed by atoms with Crippen molar-refractivity contribution < 1.29 is 4.39 Å². The van der Waals surface area contributed by atoms with Crippen molar-refractivity contribution in [3.05, 3.63) is 77.6 Å². The number of H-pyrrole nitrogens is 1. The Bertz CT molecular complexity index is 1470. The first kappa shape index (κ1) is 18.9. The molecule has 4 heterocycles. The molecule has 158 valence electrons. The Labute approximate surface area is 184 Å². The van der Waals surface area contributed by atoms with E-state index in [-0.39, 0.29) is 6.04 Å². The quantitative estimate of drug-likeness (QED) is 0.427. The summed E-state index contributed by atoms with van der Waals surface area (Å²) in [7, 11) is 0. The third kappa shape index (κ3) is 3.17. The maximum absolute atomic E-state index is 13.8. The van der Waals surface area contributed by atoms with Gasteiger partial charge in [0, 0.05) is 40.6 Å². The van der Waals surface area contributed by atoms with Crippen molar-refractivity contribution in [3.63, 3.8) is 0 Å². The summed E-state index contributed by atoms with van der Waals surface area (Å²) >= 11 is 0. The second-order valence-electron chi connectivity index (χ2n) is 8.32. The van der Waals surface area contributed by atoms with Crippen LogP contribution in [0.25, 0.3) is 33.3 Å². The predicted octanol–water partition coefficient (Wildman–Crippen LogP) is 4.99. The van der Waals surface area contributed by atoms with E-state index in [1.807, 2.05) is 13.0 Å². The lowest BCUT2D eigenvalue weighted by molar-refractivity contribution is 0.606. The number of aromatic nitrogens is 5. The summed E-state index contributed by atoms with van der Waals surface area (Å²) in [5.74, 6) is 0.695. The van der Waals surface area contributed by atoms with Crippen LogP contribution in [-0.2, 0) is 12.8 Å². The Morgan fingerprint density at radius 3 is 2.91 bits per heavy atom. The second kappa shape index (κ2) is 7.37. The van der Waals surface area contributed by atoms with Crippen LogP contribution in [0, 0.1) is 12.7 Å². The van der Waals surface area contributed by atoms with E-state index in [0.717, 1.165) is 35.9 Å². The number of halogens is 1. The van der Waals surface area contributed by atoms with Crippen LogP contribution in [0.15, 0.2) is 55.0 Å². The maximum atomic E-state index is 13.8. The van der Waals surface area contributed by atoms with Gasteiger partial charge in [-0.25, -0.2) is 14.4 Å². The van der Waals surface area contributed by atoms with E-state index in [4.69, 9.17) is 4.98 Å². The molecular weight excluding hydrogens is 403 g/mol. The fraction of sp³-hybridized carbons (Fsp3) is 0.200. The number of aryl methyl sites for hydroxylation is 2. The minimum absolute atomic E-state index is 0.209. The van der Waals surface area contributed by atoms with Crippen LogP contribution in [0.2, 0.25) is 0 Å². The number of nitrogens with one attached hydrogen (secondary N) is 2. The van der Waals surface area contributed by atoms with Gasteiger partial charge in [-0.3, -0.25) is 9.97 Å². The number of anilines is 1. The second-order valence-corrected chi connectivity index (χ2v) is 8.32. The van der Waals surface area contributed by atoms with Gasteiger partial charge in [-0.1, -0.05) is 18.2 Å². The monoisotopic (exact) mass is 424 g/mol.